The van der Waals surface area contributed by atoms with Gasteiger partial charge in [-0.2, -0.15) is 11.8 Å². The van der Waals surface area contributed by atoms with Gasteiger partial charge < -0.3 is 15.8 Å². The van der Waals surface area contributed by atoms with Crippen LogP contribution in [0.2, 0.25) is 0 Å². The summed E-state index contributed by atoms with van der Waals surface area (Å²) in [6.07, 6.45) is 2.49. The Bertz CT molecular complexity index is 583. The molecule has 0 aromatic heterocycles. The highest BCUT2D eigenvalue weighted by Gasteiger charge is 2.34. The molecule has 0 saturated carbocycles. The monoisotopic (exact) mass is 395 g/mol. The second kappa shape index (κ2) is 12.0. The van der Waals surface area contributed by atoms with Crippen LogP contribution in [0.3, 0.4) is 0 Å². The van der Waals surface area contributed by atoms with Crippen LogP contribution in [-0.2, 0) is 14.3 Å². The Labute approximate surface area is 167 Å². The fourth-order valence-electron chi connectivity index (χ4n) is 2.61. The number of ether oxygens (including phenoxy) is 1. The van der Waals surface area contributed by atoms with Crippen LogP contribution in [0.1, 0.15) is 27.2 Å². The number of para-hydroxylation sites is 1. The molecule has 1 aromatic rings. The molecule has 0 fully saturated rings. The number of methoxy groups -OCH3 is 1. The summed E-state index contributed by atoms with van der Waals surface area (Å²) in [6.45, 7) is 6.42. The number of amides is 1. The van der Waals surface area contributed by atoms with E-state index in [1.54, 1.807) is 23.6 Å². The number of esters is 1. The van der Waals surface area contributed by atoms with E-state index in [0.29, 0.717) is 24.6 Å². The summed E-state index contributed by atoms with van der Waals surface area (Å²) in [5.41, 5.74) is 6.76. The van der Waals surface area contributed by atoms with Crippen molar-refractivity contribution in [2.24, 2.45) is 11.7 Å². The first-order valence-corrected chi connectivity index (χ1v) is 10.7. The van der Waals surface area contributed by atoms with Crippen LogP contribution in [0, 0.1) is 5.92 Å². The number of rotatable bonds is 11. The molecule has 1 aromatic carbocycles. The topological polar surface area (TPSA) is 84.7 Å². The van der Waals surface area contributed by atoms with E-state index in [1.165, 1.54) is 7.11 Å². The Hall–Kier alpha value is -1.57. The third-order valence-corrected chi connectivity index (χ3v) is 5.18. The summed E-state index contributed by atoms with van der Waals surface area (Å²) in [5, 5.41) is 3.21. The number of benzene rings is 1. The molecule has 152 valence electrons. The first-order chi connectivity index (χ1) is 12.8. The summed E-state index contributed by atoms with van der Waals surface area (Å²) in [6, 6.07) is 8.07. The maximum atomic E-state index is 13.3. The van der Waals surface area contributed by atoms with Crippen molar-refractivity contribution in [2.45, 2.75) is 45.3 Å². The van der Waals surface area contributed by atoms with Crippen molar-refractivity contribution < 1.29 is 14.3 Å². The lowest BCUT2D eigenvalue weighted by Gasteiger charge is -2.32. The normalized spacial score (nSPS) is 14.5. The predicted octanol–water partition coefficient (Wildman–Crippen LogP) is 2.28. The van der Waals surface area contributed by atoms with Gasteiger partial charge in [-0.15, -0.1) is 0 Å². The SMILES string of the molecule is COC(=O)[C@H](CCSC)N(C(=O)[C@H](C)NC[C@@H](N)C(C)C)c1ccccc1. The number of nitrogens with two attached hydrogens (primary N) is 1. The van der Waals surface area contributed by atoms with E-state index in [0.717, 1.165) is 5.75 Å². The molecular weight excluding hydrogens is 362 g/mol. The van der Waals surface area contributed by atoms with Crippen molar-refractivity contribution in [1.82, 2.24) is 5.32 Å². The Morgan fingerprint density at radius 2 is 1.85 bits per heavy atom. The first-order valence-electron chi connectivity index (χ1n) is 9.27. The number of anilines is 1. The zero-order valence-electron chi connectivity index (χ0n) is 17.0. The first kappa shape index (κ1) is 23.5. The molecule has 0 heterocycles. The maximum absolute atomic E-state index is 13.3. The molecule has 0 radical (unpaired) electrons. The van der Waals surface area contributed by atoms with E-state index in [1.807, 2.05) is 50.4 Å². The lowest BCUT2D eigenvalue weighted by atomic mass is 10.1. The van der Waals surface area contributed by atoms with Crippen molar-refractivity contribution in [3.8, 4) is 0 Å². The highest BCUT2D eigenvalue weighted by Crippen LogP contribution is 2.22. The lowest BCUT2D eigenvalue weighted by Crippen LogP contribution is -2.54. The highest BCUT2D eigenvalue weighted by molar-refractivity contribution is 7.98. The van der Waals surface area contributed by atoms with Gasteiger partial charge in [0.15, 0.2) is 0 Å². The minimum atomic E-state index is -0.666. The van der Waals surface area contributed by atoms with Crippen LogP contribution in [0.15, 0.2) is 30.3 Å². The molecule has 7 heteroatoms. The van der Waals surface area contributed by atoms with Gasteiger partial charge in [-0.05, 0) is 43.4 Å². The number of carbonyl (C=O) groups excluding carboxylic acids is 2. The molecule has 0 bridgehead atoms. The summed E-state index contributed by atoms with van der Waals surface area (Å²) in [4.78, 5) is 27.3. The molecule has 0 saturated heterocycles. The number of carbonyl (C=O) groups is 2. The van der Waals surface area contributed by atoms with Crippen molar-refractivity contribution in [2.75, 3.05) is 30.6 Å². The molecule has 6 nitrogen and oxygen atoms in total. The van der Waals surface area contributed by atoms with Gasteiger partial charge in [0.2, 0.25) is 5.91 Å². The third kappa shape index (κ3) is 7.16. The second-order valence-corrected chi connectivity index (χ2v) is 7.89. The maximum Gasteiger partial charge on any atom is 0.328 e. The summed E-state index contributed by atoms with van der Waals surface area (Å²) < 4.78 is 4.99. The Morgan fingerprint density at radius 3 is 2.37 bits per heavy atom. The van der Waals surface area contributed by atoms with E-state index in [4.69, 9.17) is 10.5 Å². The fourth-order valence-corrected chi connectivity index (χ4v) is 3.07. The van der Waals surface area contributed by atoms with E-state index in [-0.39, 0.29) is 11.9 Å². The van der Waals surface area contributed by atoms with Gasteiger partial charge >= 0.3 is 5.97 Å². The van der Waals surface area contributed by atoms with Gasteiger partial charge in [0.25, 0.3) is 0 Å². The van der Waals surface area contributed by atoms with Gasteiger partial charge in [0, 0.05) is 18.3 Å². The van der Waals surface area contributed by atoms with Crippen LogP contribution >= 0.6 is 11.8 Å². The average Bonchev–Trinajstić information content (AvgIpc) is 2.68. The van der Waals surface area contributed by atoms with E-state index >= 15 is 0 Å². The minimum absolute atomic E-state index is 0.0432. The Kier molecular flexibility index (Phi) is 10.4. The fraction of sp³-hybridized carbons (Fsp3) is 0.600. The third-order valence-electron chi connectivity index (χ3n) is 4.54. The zero-order chi connectivity index (χ0) is 20.4. The molecule has 27 heavy (non-hydrogen) atoms. The number of hydrogen-bond donors (Lipinski definition) is 2. The van der Waals surface area contributed by atoms with Crippen LogP contribution in [0.25, 0.3) is 0 Å². The van der Waals surface area contributed by atoms with Crippen molar-refractivity contribution in [3.63, 3.8) is 0 Å². The van der Waals surface area contributed by atoms with Crippen molar-refractivity contribution in [3.05, 3.63) is 30.3 Å². The molecule has 0 unspecified atom stereocenters. The van der Waals surface area contributed by atoms with Crippen LogP contribution in [0.4, 0.5) is 5.69 Å². The summed E-state index contributed by atoms with van der Waals surface area (Å²) >= 11 is 1.63. The van der Waals surface area contributed by atoms with Gasteiger partial charge in [0.1, 0.15) is 6.04 Å². The van der Waals surface area contributed by atoms with Gasteiger partial charge in [-0.25, -0.2) is 4.79 Å². The highest BCUT2D eigenvalue weighted by atomic mass is 32.2. The standard InChI is InChI=1S/C20H33N3O3S/c1-14(2)17(21)13-22-15(3)19(24)23(16-9-7-6-8-10-16)18(11-12-27-5)20(25)26-4/h6-10,14-15,17-18,22H,11-13,21H2,1-5H3/t15-,17+,18-/m0/s1. The molecule has 1 rings (SSSR count). The van der Waals surface area contributed by atoms with E-state index < -0.39 is 18.1 Å². The number of hydrogen-bond acceptors (Lipinski definition) is 6. The zero-order valence-corrected chi connectivity index (χ0v) is 17.8. The van der Waals surface area contributed by atoms with Gasteiger partial charge in [0.05, 0.1) is 13.2 Å². The molecule has 3 N–H and O–H groups in total. The summed E-state index contributed by atoms with van der Waals surface area (Å²) in [5.74, 6) is 0.478. The molecule has 1 amide bonds. The van der Waals surface area contributed by atoms with Crippen LogP contribution in [-0.4, -0.2) is 55.7 Å². The van der Waals surface area contributed by atoms with E-state index in [2.05, 4.69) is 5.32 Å². The minimum Gasteiger partial charge on any atom is -0.467 e. The van der Waals surface area contributed by atoms with Crippen LogP contribution < -0.4 is 16.0 Å². The smallest absolute Gasteiger partial charge is 0.328 e. The average molecular weight is 396 g/mol. The van der Waals surface area contributed by atoms with Crippen molar-refractivity contribution >= 4 is 29.3 Å². The lowest BCUT2D eigenvalue weighted by molar-refractivity contribution is -0.143. The van der Waals surface area contributed by atoms with Gasteiger partial charge in [-0.3, -0.25) is 9.69 Å². The summed E-state index contributed by atoms with van der Waals surface area (Å²) in [7, 11) is 1.35. The Morgan fingerprint density at radius 1 is 1.22 bits per heavy atom. The number of nitrogens with one attached hydrogen (secondary N) is 1. The second-order valence-electron chi connectivity index (χ2n) is 6.90. The molecule has 0 aliphatic carbocycles. The number of thioether (sulfide) groups is 1. The quantitative estimate of drug-likeness (QED) is 0.559. The van der Waals surface area contributed by atoms with Crippen molar-refractivity contribution in [1.29, 1.82) is 0 Å². The molecule has 3 atom stereocenters. The van der Waals surface area contributed by atoms with E-state index in [9.17, 15) is 9.59 Å². The molecule has 0 aliphatic rings. The number of nitrogens with zero attached hydrogens (tertiary/aromatic N) is 1. The largest absolute Gasteiger partial charge is 0.467 e. The van der Waals surface area contributed by atoms with Crippen LogP contribution in [0.5, 0.6) is 0 Å². The molecule has 0 aliphatic heterocycles. The Balaban J connectivity index is 3.09. The molecular formula is C20H33N3O3S. The van der Waals surface area contributed by atoms with Gasteiger partial charge in [-0.1, -0.05) is 32.0 Å². The molecule has 0 spiro atoms. The predicted molar refractivity (Wildman–Crippen MR) is 113 cm³/mol.